The second-order valence-corrected chi connectivity index (χ2v) is 9.32. The molecule has 1 N–H and O–H groups in total. The van der Waals surface area contributed by atoms with E-state index in [1.807, 2.05) is 4.90 Å². The van der Waals surface area contributed by atoms with Crippen molar-refractivity contribution >= 4 is 39.9 Å². The van der Waals surface area contributed by atoms with E-state index in [9.17, 15) is 4.79 Å². The summed E-state index contributed by atoms with van der Waals surface area (Å²) in [5.41, 5.74) is 2.63. The third-order valence-electron chi connectivity index (χ3n) is 7.26. The normalized spacial score (nSPS) is 19.5. The van der Waals surface area contributed by atoms with Crippen molar-refractivity contribution in [1.29, 1.82) is 0 Å². The number of rotatable bonds is 6. The standard InChI is InChI=1S/C26H29N7O2/c1-18(21-7-4-8-33(21)26-24-25(28-15-27-24)29-16-30-26)35-23-14-20-6-3-2-5-19(20)13-22(23)32-11-9-31(17-34)10-12-32/h2-3,5-6,13-18,21H,4,7-12H2,1H3,(H,27,28,29,30)/t18-,21-/m1/s1. The highest BCUT2D eigenvalue weighted by Crippen LogP contribution is 2.37. The molecule has 180 valence electrons. The van der Waals surface area contributed by atoms with Gasteiger partial charge in [-0.15, -0.1) is 0 Å². The molecule has 1 amide bonds. The van der Waals surface area contributed by atoms with Gasteiger partial charge in [-0.25, -0.2) is 15.0 Å². The summed E-state index contributed by atoms with van der Waals surface area (Å²) in [6.45, 7) is 6.08. The smallest absolute Gasteiger partial charge is 0.209 e. The topological polar surface area (TPSA) is 90.5 Å². The largest absolute Gasteiger partial charge is 0.486 e. The number of ether oxygens (including phenoxy) is 1. The van der Waals surface area contributed by atoms with Crippen molar-refractivity contribution in [1.82, 2.24) is 24.8 Å². The van der Waals surface area contributed by atoms with E-state index in [1.54, 1.807) is 12.7 Å². The van der Waals surface area contributed by atoms with Gasteiger partial charge in [0.05, 0.1) is 18.1 Å². The number of imidazole rings is 1. The lowest BCUT2D eigenvalue weighted by atomic mass is 10.1. The van der Waals surface area contributed by atoms with Gasteiger partial charge >= 0.3 is 0 Å². The lowest BCUT2D eigenvalue weighted by Crippen LogP contribution is -2.46. The molecule has 2 aliphatic rings. The molecule has 4 heterocycles. The first-order valence-corrected chi connectivity index (χ1v) is 12.3. The zero-order valence-electron chi connectivity index (χ0n) is 19.8. The van der Waals surface area contributed by atoms with Crippen molar-refractivity contribution in [3.8, 4) is 5.75 Å². The number of benzene rings is 2. The average Bonchev–Trinajstić information content (AvgIpc) is 3.58. The zero-order valence-corrected chi connectivity index (χ0v) is 19.8. The average molecular weight is 472 g/mol. The van der Waals surface area contributed by atoms with E-state index < -0.39 is 0 Å². The molecule has 2 aromatic carbocycles. The Morgan fingerprint density at radius 3 is 2.66 bits per heavy atom. The summed E-state index contributed by atoms with van der Waals surface area (Å²) in [4.78, 5) is 34.1. The minimum Gasteiger partial charge on any atom is -0.486 e. The summed E-state index contributed by atoms with van der Waals surface area (Å²) < 4.78 is 6.75. The second kappa shape index (κ2) is 9.05. The van der Waals surface area contributed by atoms with Gasteiger partial charge in [-0.3, -0.25) is 4.79 Å². The van der Waals surface area contributed by atoms with Crippen molar-refractivity contribution in [2.75, 3.05) is 42.5 Å². The Morgan fingerprint density at radius 1 is 1.06 bits per heavy atom. The summed E-state index contributed by atoms with van der Waals surface area (Å²) in [5.74, 6) is 1.77. The van der Waals surface area contributed by atoms with E-state index >= 15 is 0 Å². The van der Waals surface area contributed by atoms with Crippen LogP contribution in [0.15, 0.2) is 49.1 Å². The number of aromatic nitrogens is 4. The van der Waals surface area contributed by atoms with Crippen molar-refractivity contribution < 1.29 is 9.53 Å². The van der Waals surface area contributed by atoms with Crippen molar-refractivity contribution in [2.24, 2.45) is 0 Å². The lowest BCUT2D eigenvalue weighted by Gasteiger charge is -2.36. The number of hydrogen-bond donors (Lipinski definition) is 1. The molecular formula is C26H29N7O2. The number of H-pyrrole nitrogens is 1. The minimum atomic E-state index is -0.0541. The summed E-state index contributed by atoms with van der Waals surface area (Å²) in [6, 6.07) is 12.9. The van der Waals surface area contributed by atoms with E-state index in [0.717, 1.165) is 80.1 Å². The third-order valence-corrected chi connectivity index (χ3v) is 7.26. The Labute approximate surface area is 203 Å². The first-order chi connectivity index (χ1) is 17.2. The number of nitrogens with one attached hydrogen (secondary N) is 1. The van der Waals surface area contributed by atoms with Crippen molar-refractivity contribution in [2.45, 2.75) is 31.9 Å². The molecule has 2 saturated heterocycles. The Bertz CT molecular complexity index is 1350. The van der Waals surface area contributed by atoms with Crippen LogP contribution < -0.4 is 14.5 Å². The molecule has 9 heteroatoms. The molecular weight excluding hydrogens is 442 g/mol. The van der Waals surface area contributed by atoms with Crippen molar-refractivity contribution in [3.05, 3.63) is 49.1 Å². The monoisotopic (exact) mass is 471 g/mol. The predicted octanol–water partition coefficient (Wildman–Crippen LogP) is 3.22. The first-order valence-electron chi connectivity index (χ1n) is 12.3. The second-order valence-electron chi connectivity index (χ2n) is 9.32. The molecule has 35 heavy (non-hydrogen) atoms. The lowest BCUT2D eigenvalue weighted by molar-refractivity contribution is -0.118. The molecule has 0 bridgehead atoms. The maximum absolute atomic E-state index is 11.2. The number of amides is 1. The Kier molecular flexibility index (Phi) is 5.60. The van der Waals surface area contributed by atoms with E-state index in [4.69, 9.17) is 4.74 Å². The molecule has 0 aliphatic carbocycles. The first kappa shape index (κ1) is 21.6. The Hall–Kier alpha value is -3.88. The van der Waals surface area contributed by atoms with E-state index in [-0.39, 0.29) is 12.1 Å². The van der Waals surface area contributed by atoms with Gasteiger partial charge in [0.2, 0.25) is 6.41 Å². The van der Waals surface area contributed by atoms with E-state index in [2.05, 4.69) is 73.1 Å². The number of nitrogens with zero attached hydrogens (tertiary/aromatic N) is 6. The van der Waals surface area contributed by atoms with Crippen molar-refractivity contribution in [3.63, 3.8) is 0 Å². The number of carbonyl (C=O) groups excluding carboxylic acids is 1. The van der Waals surface area contributed by atoms with Gasteiger partial charge in [-0.1, -0.05) is 24.3 Å². The SMILES string of the molecule is C[C@@H](Oc1cc2ccccc2cc1N1CCN(C=O)CC1)[C@H]1CCCN1c1ncnc2nc[nH]c12. The number of anilines is 2. The summed E-state index contributed by atoms with van der Waals surface area (Å²) in [5, 5.41) is 2.34. The summed E-state index contributed by atoms with van der Waals surface area (Å²) in [7, 11) is 0. The quantitative estimate of drug-likeness (QED) is 0.432. The molecule has 0 unspecified atom stereocenters. The number of hydrogen-bond acceptors (Lipinski definition) is 7. The van der Waals surface area contributed by atoms with Gasteiger partial charge in [0.1, 0.15) is 23.7 Å². The number of piperazine rings is 1. The van der Waals surface area contributed by atoms with Crippen LogP contribution in [0.5, 0.6) is 5.75 Å². The van der Waals surface area contributed by atoms with Gasteiger partial charge in [-0.2, -0.15) is 0 Å². The Morgan fingerprint density at radius 2 is 1.86 bits per heavy atom. The molecule has 2 atom stereocenters. The third kappa shape index (κ3) is 4.00. The van der Waals surface area contributed by atoms with Gasteiger partial charge in [0.15, 0.2) is 11.5 Å². The summed E-state index contributed by atoms with van der Waals surface area (Å²) in [6.07, 6.45) is 6.24. The van der Waals surface area contributed by atoms with Crippen LogP contribution in [0.3, 0.4) is 0 Å². The molecule has 9 nitrogen and oxygen atoms in total. The Balaban J connectivity index is 1.31. The highest BCUT2D eigenvalue weighted by molar-refractivity contribution is 5.89. The van der Waals surface area contributed by atoms with Crippen LogP contribution in [0.1, 0.15) is 19.8 Å². The fourth-order valence-corrected chi connectivity index (χ4v) is 5.41. The highest BCUT2D eigenvalue weighted by atomic mass is 16.5. The van der Waals surface area contributed by atoms with Gasteiger partial charge < -0.3 is 24.4 Å². The van der Waals surface area contributed by atoms with Crippen LogP contribution in [0, 0.1) is 0 Å². The van der Waals surface area contributed by atoms with Crippen LogP contribution >= 0.6 is 0 Å². The van der Waals surface area contributed by atoms with Crippen LogP contribution in [-0.2, 0) is 4.79 Å². The van der Waals surface area contributed by atoms with Crippen LogP contribution in [0.25, 0.3) is 21.9 Å². The predicted molar refractivity (Wildman–Crippen MR) is 136 cm³/mol. The van der Waals surface area contributed by atoms with E-state index in [1.165, 1.54) is 5.39 Å². The number of carbonyl (C=O) groups is 1. The zero-order chi connectivity index (χ0) is 23.8. The molecule has 2 aromatic heterocycles. The van der Waals surface area contributed by atoms with Gasteiger partial charge in [0, 0.05) is 32.7 Å². The highest BCUT2D eigenvalue weighted by Gasteiger charge is 2.33. The van der Waals surface area contributed by atoms with Crippen LogP contribution in [-0.4, -0.2) is 76.1 Å². The molecule has 0 spiro atoms. The number of aromatic amines is 1. The fraction of sp³-hybridized carbons (Fsp3) is 0.385. The summed E-state index contributed by atoms with van der Waals surface area (Å²) >= 11 is 0. The van der Waals surface area contributed by atoms with Gasteiger partial charge in [0.25, 0.3) is 0 Å². The maximum atomic E-state index is 11.2. The van der Waals surface area contributed by atoms with Gasteiger partial charge in [-0.05, 0) is 42.7 Å². The molecule has 0 radical (unpaired) electrons. The molecule has 4 aromatic rings. The molecule has 0 saturated carbocycles. The maximum Gasteiger partial charge on any atom is 0.209 e. The molecule has 2 aliphatic heterocycles. The molecule has 2 fully saturated rings. The fourth-order valence-electron chi connectivity index (χ4n) is 5.41. The van der Waals surface area contributed by atoms with Crippen LogP contribution in [0.4, 0.5) is 11.5 Å². The number of fused-ring (bicyclic) bond motifs is 2. The van der Waals surface area contributed by atoms with E-state index in [0.29, 0.717) is 5.65 Å². The van der Waals surface area contributed by atoms with Crippen LogP contribution in [0.2, 0.25) is 0 Å². The minimum absolute atomic E-state index is 0.0541. The molecule has 6 rings (SSSR count).